The Balaban J connectivity index is 4.08. The maximum atomic E-state index is 10.9. The van der Waals surface area contributed by atoms with E-state index in [1.807, 2.05) is 13.8 Å². The molecule has 2 amide bonds. The highest BCUT2D eigenvalue weighted by Crippen LogP contribution is 1.99. The van der Waals surface area contributed by atoms with Gasteiger partial charge in [0.15, 0.2) is 0 Å². The molecule has 5 N–H and O–H groups in total. The van der Waals surface area contributed by atoms with Crippen molar-refractivity contribution in [3.8, 4) is 0 Å². The van der Waals surface area contributed by atoms with Crippen molar-refractivity contribution in [2.24, 2.45) is 11.5 Å². The second-order valence-electron chi connectivity index (χ2n) is 3.48. The van der Waals surface area contributed by atoms with E-state index < -0.39 is 17.9 Å². The lowest BCUT2D eigenvalue weighted by atomic mass is 10.1. The van der Waals surface area contributed by atoms with Crippen molar-refractivity contribution in [1.82, 2.24) is 5.32 Å². The van der Waals surface area contributed by atoms with Gasteiger partial charge >= 0.3 is 0 Å². The molecule has 0 rings (SSSR count). The van der Waals surface area contributed by atoms with Crippen LogP contribution < -0.4 is 16.8 Å². The van der Waals surface area contributed by atoms with Crippen molar-refractivity contribution in [2.45, 2.75) is 45.2 Å². The average molecular weight is 201 g/mol. The predicted octanol–water partition coefficient (Wildman–Crippen LogP) is -0.506. The molecule has 0 bridgehead atoms. The van der Waals surface area contributed by atoms with Crippen LogP contribution in [0.5, 0.6) is 0 Å². The molecule has 0 radical (unpaired) electrons. The zero-order valence-electron chi connectivity index (χ0n) is 8.75. The van der Waals surface area contributed by atoms with E-state index in [1.165, 1.54) is 0 Å². The van der Waals surface area contributed by atoms with Gasteiger partial charge < -0.3 is 16.8 Å². The minimum atomic E-state index is -0.644. The Labute approximate surface area is 84.2 Å². The van der Waals surface area contributed by atoms with E-state index in [9.17, 15) is 9.59 Å². The van der Waals surface area contributed by atoms with Gasteiger partial charge in [-0.2, -0.15) is 0 Å². The van der Waals surface area contributed by atoms with E-state index in [0.717, 1.165) is 12.8 Å². The Morgan fingerprint density at radius 1 is 1.36 bits per heavy atom. The molecule has 2 unspecified atom stereocenters. The summed E-state index contributed by atoms with van der Waals surface area (Å²) in [5.74, 6) is -1.06. The first-order chi connectivity index (χ1) is 6.47. The maximum absolute atomic E-state index is 10.9. The van der Waals surface area contributed by atoms with Gasteiger partial charge in [0.05, 0.1) is 12.5 Å². The Bertz CT molecular complexity index is 206. The van der Waals surface area contributed by atoms with Crippen molar-refractivity contribution in [3.63, 3.8) is 0 Å². The van der Waals surface area contributed by atoms with Crippen molar-refractivity contribution >= 4 is 11.8 Å². The fourth-order valence-electron chi connectivity index (χ4n) is 1.30. The quantitative estimate of drug-likeness (QED) is 0.517. The highest BCUT2D eigenvalue weighted by Gasteiger charge is 2.19. The molecule has 0 aliphatic heterocycles. The first kappa shape index (κ1) is 12.9. The third-order valence-corrected chi connectivity index (χ3v) is 1.96. The third-order valence-electron chi connectivity index (χ3n) is 1.96. The molecule has 14 heavy (non-hydrogen) atoms. The molecule has 0 fully saturated rings. The summed E-state index contributed by atoms with van der Waals surface area (Å²) in [4.78, 5) is 21.6. The van der Waals surface area contributed by atoms with E-state index in [2.05, 4.69) is 5.32 Å². The van der Waals surface area contributed by atoms with Gasteiger partial charge in [0.2, 0.25) is 11.8 Å². The summed E-state index contributed by atoms with van der Waals surface area (Å²) < 4.78 is 0. The van der Waals surface area contributed by atoms with Crippen molar-refractivity contribution < 1.29 is 9.59 Å². The van der Waals surface area contributed by atoms with Gasteiger partial charge in [0, 0.05) is 6.04 Å². The lowest BCUT2D eigenvalue weighted by Gasteiger charge is -2.19. The Morgan fingerprint density at radius 2 is 1.93 bits per heavy atom. The lowest BCUT2D eigenvalue weighted by molar-refractivity contribution is -0.125. The van der Waals surface area contributed by atoms with Crippen LogP contribution in [0.4, 0.5) is 0 Å². The summed E-state index contributed by atoms with van der Waals surface area (Å²) in [6, 6.07) is -0.481. The lowest BCUT2D eigenvalue weighted by Crippen LogP contribution is -2.47. The average Bonchev–Trinajstić information content (AvgIpc) is 2.02. The van der Waals surface area contributed by atoms with E-state index in [4.69, 9.17) is 11.5 Å². The van der Waals surface area contributed by atoms with E-state index >= 15 is 0 Å². The molecule has 5 heteroatoms. The summed E-state index contributed by atoms with van der Waals surface area (Å²) in [6.07, 6.45) is 1.90. The normalized spacial score (nSPS) is 14.7. The van der Waals surface area contributed by atoms with Crippen LogP contribution in [-0.2, 0) is 9.59 Å². The van der Waals surface area contributed by atoms with Crippen LogP contribution in [0.1, 0.15) is 33.1 Å². The second kappa shape index (κ2) is 6.37. The van der Waals surface area contributed by atoms with E-state index in [0.29, 0.717) is 0 Å². The zero-order chi connectivity index (χ0) is 11.1. The fraction of sp³-hybridized carbons (Fsp3) is 0.778. The minimum Gasteiger partial charge on any atom is -0.370 e. The standard InChI is InChI=1S/C9H19N3O2/c1-3-4-6(2)12-7(9(11)14)5-8(10)13/h6-7,12H,3-5H2,1-2H3,(H2,10,13)(H2,11,14). The molecule has 82 valence electrons. The van der Waals surface area contributed by atoms with Crippen LogP contribution >= 0.6 is 0 Å². The smallest absolute Gasteiger partial charge is 0.235 e. The number of amides is 2. The number of rotatable bonds is 7. The molecule has 0 aromatic rings. The number of nitrogens with one attached hydrogen (secondary N) is 1. The van der Waals surface area contributed by atoms with Crippen LogP contribution in [0, 0.1) is 0 Å². The number of hydrogen-bond donors (Lipinski definition) is 3. The Kier molecular flexibility index (Phi) is 5.87. The first-order valence-electron chi connectivity index (χ1n) is 4.81. The molecule has 0 aliphatic carbocycles. The van der Waals surface area contributed by atoms with Crippen LogP contribution in [0.15, 0.2) is 0 Å². The molecule has 0 aliphatic rings. The molecule has 0 aromatic heterocycles. The number of nitrogens with two attached hydrogens (primary N) is 2. The van der Waals surface area contributed by atoms with Crippen LogP contribution in [-0.4, -0.2) is 23.9 Å². The molecule has 0 aromatic carbocycles. The predicted molar refractivity (Wildman–Crippen MR) is 54.3 cm³/mol. The molecule has 5 nitrogen and oxygen atoms in total. The highest BCUT2D eigenvalue weighted by atomic mass is 16.2. The second-order valence-corrected chi connectivity index (χ2v) is 3.48. The van der Waals surface area contributed by atoms with Gasteiger partial charge in [-0.05, 0) is 13.3 Å². The van der Waals surface area contributed by atoms with Gasteiger partial charge in [-0.25, -0.2) is 0 Å². The van der Waals surface area contributed by atoms with Gasteiger partial charge in [-0.15, -0.1) is 0 Å². The van der Waals surface area contributed by atoms with Gasteiger partial charge in [0.1, 0.15) is 0 Å². The van der Waals surface area contributed by atoms with E-state index in [-0.39, 0.29) is 12.5 Å². The monoisotopic (exact) mass is 201 g/mol. The molecule has 0 saturated heterocycles. The molecular weight excluding hydrogens is 182 g/mol. The Morgan fingerprint density at radius 3 is 2.29 bits per heavy atom. The molecule has 0 heterocycles. The van der Waals surface area contributed by atoms with Crippen LogP contribution in [0.25, 0.3) is 0 Å². The molecule has 2 atom stereocenters. The SMILES string of the molecule is CCCC(C)NC(CC(N)=O)C(N)=O. The molecule has 0 spiro atoms. The highest BCUT2D eigenvalue weighted by molar-refractivity contribution is 5.86. The summed E-state index contributed by atoms with van der Waals surface area (Å²) in [7, 11) is 0. The minimum absolute atomic E-state index is 0.0383. The van der Waals surface area contributed by atoms with Gasteiger partial charge in [-0.3, -0.25) is 9.59 Å². The summed E-state index contributed by atoms with van der Waals surface area (Å²) in [5, 5.41) is 2.97. The van der Waals surface area contributed by atoms with Gasteiger partial charge in [0.25, 0.3) is 0 Å². The number of carbonyl (C=O) groups excluding carboxylic acids is 2. The van der Waals surface area contributed by atoms with Crippen molar-refractivity contribution in [1.29, 1.82) is 0 Å². The summed E-state index contributed by atoms with van der Waals surface area (Å²) in [5.41, 5.74) is 10.1. The first-order valence-corrected chi connectivity index (χ1v) is 4.81. The maximum Gasteiger partial charge on any atom is 0.235 e. The summed E-state index contributed by atoms with van der Waals surface area (Å²) >= 11 is 0. The van der Waals surface area contributed by atoms with Crippen molar-refractivity contribution in [3.05, 3.63) is 0 Å². The molecule has 0 saturated carbocycles. The largest absolute Gasteiger partial charge is 0.370 e. The van der Waals surface area contributed by atoms with E-state index in [1.54, 1.807) is 0 Å². The van der Waals surface area contributed by atoms with Crippen LogP contribution in [0.3, 0.4) is 0 Å². The zero-order valence-corrected chi connectivity index (χ0v) is 8.75. The molecular formula is C9H19N3O2. The number of carbonyl (C=O) groups is 2. The summed E-state index contributed by atoms with van der Waals surface area (Å²) in [6.45, 7) is 3.99. The van der Waals surface area contributed by atoms with Gasteiger partial charge in [-0.1, -0.05) is 13.3 Å². The number of primary amides is 2. The number of hydrogen-bond acceptors (Lipinski definition) is 3. The van der Waals surface area contributed by atoms with Crippen LogP contribution in [0.2, 0.25) is 0 Å². The van der Waals surface area contributed by atoms with Crippen molar-refractivity contribution in [2.75, 3.05) is 0 Å². The fourth-order valence-corrected chi connectivity index (χ4v) is 1.30. The third kappa shape index (κ3) is 5.53. The Hall–Kier alpha value is -1.10. The topological polar surface area (TPSA) is 98.2 Å².